The van der Waals surface area contributed by atoms with Gasteiger partial charge in [-0.15, -0.1) is 0 Å². The van der Waals surface area contributed by atoms with Crippen LogP contribution < -0.4 is 10.6 Å². The molecule has 0 bridgehead atoms. The maximum absolute atomic E-state index is 13.1. The summed E-state index contributed by atoms with van der Waals surface area (Å²) in [6.07, 6.45) is -0.160. The number of carbonyl (C=O) groups excluding carboxylic acids is 2. The highest BCUT2D eigenvalue weighted by molar-refractivity contribution is 6.32. The molecule has 0 radical (unpaired) electrons. The summed E-state index contributed by atoms with van der Waals surface area (Å²) in [5.74, 6) is -2.28. The maximum Gasteiger partial charge on any atom is 0.230 e. The Kier molecular flexibility index (Phi) is 6.71. The number of aromatic nitrogens is 1. The van der Waals surface area contributed by atoms with Crippen molar-refractivity contribution in [1.82, 2.24) is 4.98 Å². The number of amides is 2. The predicted octanol–water partition coefficient (Wildman–Crippen LogP) is 3.06. The van der Waals surface area contributed by atoms with Crippen molar-refractivity contribution in [3.8, 4) is 6.07 Å². The van der Waals surface area contributed by atoms with Gasteiger partial charge < -0.3 is 10.6 Å². The monoisotopic (exact) mass is 402 g/mol. The number of carbonyl (C=O) groups is 2. The van der Waals surface area contributed by atoms with Crippen LogP contribution in [-0.2, 0) is 16.0 Å². The molecule has 1 heterocycles. The van der Waals surface area contributed by atoms with Crippen LogP contribution >= 0.6 is 11.6 Å². The number of rotatable bonds is 6. The average molecular weight is 403 g/mol. The van der Waals surface area contributed by atoms with Crippen LogP contribution in [0.25, 0.3) is 0 Å². The fourth-order valence-corrected chi connectivity index (χ4v) is 3.13. The van der Waals surface area contributed by atoms with Crippen LogP contribution in [0.3, 0.4) is 0 Å². The first-order valence-corrected chi connectivity index (χ1v) is 8.90. The molecular formula is C20H20ClFN4O2. The molecular weight excluding hydrogens is 383 g/mol. The van der Waals surface area contributed by atoms with Crippen LogP contribution in [0.1, 0.15) is 28.9 Å². The first-order chi connectivity index (χ1) is 13.1. The van der Waals surface area contributed by atoms with Gasteiger partial charge in [-0.25, -0.2) is 4.39 Å². The predicted molar refractivity (Wildman–Crippen MR) is 104 cm³/mol. The van der Waals surface area contributed by atoms with Gasteiger partial charge >= 0.3 is 0 Å². The molecule has 28 heavy (non-hydrogen) atoms. The van der Waals surface area contributed by atoms with Crippen molar-refractivity contribution in [2.24, 2.45) is 11.7 Å². The number of primary amides is 1. The van der Waals surface area contributed by atoms with Gasteiger partial charge in [-0.3, -0.25) is 14.6 Å². The highest BCUT2D eigenvalue weighted by Crippen LogP contribution is 2.27. The fraction of sp³-hybridized carbons (Fsp3) is 0.300. The highest BCUT2D eigenvalue weighted by Gasteiger charge is 2.28. The molecule has 1 aromatic carbocycles. The molecule has 1 unspecified atom stereocenters. The molecule has 8 heteroatoms. The summed E-state index contributed by atoms with van der Waals surface area (Å²) in [7, 11) is 1.53. The van der Waals surface area contributed by atoms with Crippen LogP contribution in [0, 0.1) is 36.9 Å². The molecule has 0 aliphatic rings. The first kappa shape index (κ1) is 21.3. The number of anilines is 1. The quantitative estimate of drug-likeness (QED) is 0.802. The molecule has 0 spiro atoms. The van der Waals surface area contributed by atoms with E-state index in [0.717, 1.165) is 0 Å². The molecule has 2 rings (SSSR count). The molecule has 0 fully saturated rings. The van der Waals surface area contributed by atoms with Gasteiger partial charge in [-0.2, -0.15) is 5.26 Å². The van der Waals surface area contributed by atoms with Gasteiger partial charge in [0, 0.05) is 25.6 Å². The van der Waals surface area contributed by atoms with Crippen molar-refractivity contribution < 1.29 is 14.0 Å². The van der Waals surface area contributed by atoms with Crippen LogP contribution in [-0.4, -0.2) is 23.8 Å². The summed E-state index contributed by atoms with van der Waals surface area (Å²) in [6.45, 7) is 3.41. The lowest BCUT2D eigenvalue weighted by atomic mass is 9.93. The third kappa shape index (κ3) is 4.65. The van der Waals surface area contributed by atoms with E-state index in [9.17, 15) is 19.2 Å². The Labute approximate surface area is 167 Å². The summed E-state index contributed by atoms with van der Waals surface area (Å²) >= 11 is 6.17. The number of hydrogen-bond donors (Lipinski definition) is 1. The van der Waals surface area contributed by atoms with E-state index in [0.29, 0.717) is 27.7 Å². The van der Waals surface area contributed by atoms with Crippen LogP contribution in [0.4, 0.5) is 10.1 Å². The Morgan fingerprint density at radius 1 is 1.32 bits per heavy atom. The summed E-state index contributed by atoms with van der Waals surface area (Å²) in [5, 5.41) is 9.88. The number of aryl methyl sites for hydroxylation is 1. The Bertz CT molecular complexity index is 954. The molecule has 2 N–H and O–H groups in total. The second-order valence-electron chi connectivity index (χ2n) is 6.51. The number of nitrogens with two attached hydrogens (primary N) is 1. The standard InChI is InChI=1S/C20H20ClFN4O2/c1-11-16(10-23)17(25-12(2)19(11)21)8-13(9-18(24)27)20(28)26(3)15-6-4-14(22)5-7-15/h4-7,13H,8-9H2,1-3H3,(H2,24,27). The van der Waals surface area contributed by atoms with E-state index in [1.165, 1.54) is 36.2 Å². The zero-order chi connectivity index (χ0) is 21.0. The molecule has 0 saturated heterocycles. The molecule has 0 aliphatic carbocycles. The molecule has 1 aromatic heterocycles. The fourth-order valence-electron chi connectivity index (χ4n) is 2.99. The Balaban J connectivity index is 2.39. The molecule has 0 saturated carbocycles. The van der Waals surface area contributed by atoms with Gasteiger partial charge in [0.1, 0.15) is 11.9 Å². The lowest BCUT2D eigenvalue weighted by Crippen LogP contribution is -2.36. The van der Waals surface area contributed by atoms with E-state index in [2.05, 4.69) is 11.1 Å². The number of pyridine rings is 1. The number of benzene rings is 1. The minimum atomic E-state index is -0.827. The first-order valence-electron chi connectivity index (χ1n) is 8.52. The number of nitrogens with zero attached hydrogens (tertiary/aromatic N) is 3. The smallest absolute Gasteiger partial charge is 0.230 e. The second-order valence-corrected chi connectivity index (χ2v) is 6.89. The Morgan fingerprint density at radius 3 is 2.46 bits per heavy atom. The lowest BCUT2D eigenvalue weighted by molar-refractivity contribution is -0.127. The topological polar surface area (TPSA) is 100 Å². The summed E-state index contributed by atoms with van der Waals surface area (Å²) in [4.78, 5) is 30.2. The van der Waals surface area contributed by atoms with Gasteiger partial charge in [0.15, 0.2) is 0 Å². The van der Waals surface area contributed by atoms with E-state index in [1.54, 1.807) is 13.8 Å². The van der Waals surface area contributed by atoms with Crippen molar-refractivity contribution in [2.75, 3.05) is 11.9 Å². The van der Waals surface area contributed by atoms with Gasteiger partial charge in [0.05, 0.1) is 27.9 Å². The SMILES string of the molecule is Cc1nc(CC(CC(N)=O)C(=O)N(C)c2ccc(F)cc2)c(C#N)c(C)c1Cl. The summed E-state index contributed by atoms with van der Waals surface area (Å²) < 4.78 is 13.1. The van der Waals surface area contributed by atoms with Crippen LogP contribution in [0.5, 0.6) is 0 Å². The molecule has 2 aromatic rings. The van der Waals surface area contributed by atoms with Crippen molar-refractivity contribution in [3.05, 3.63) is 57.6 Å². The average Bonchev–Trinajstić information content (AvgIpc) is 2.65. The minimum Gasteiger partial charge on any atom is -0.370 e. The van der Waals surface area contributed by atoms with E-state index in [-0.39, 0.29) is 24.3 Å². The summed E-state index contributed by atoms with van der Waals surface area (Å²) in [6, 6.07) is 7.47. The number of hydrogen-bond acceptors (Lipinski definition) is 4. The number of halogens is 2. The highest BCUT2D eigenvalue weighted by atomic mass is 35.5. The molecule has 6 nitrogen and oxygen atoms in total. The largest absolute Gasteiger partial charge is 0.370 e. The third-order valence-electron chi connectivity index (χ3n) is 4.51. The van der Waals surface area contributed by atoms with E-state index in [1.807, 2.05) is 0 Å². The van der Waals surface area contributed by atoms with Crippen molar-refractivity contribution in [1.29, 1.82) is 5.26 Å². The van der Waals surface area contributed by atoms with E-state index in [4.69, 9.17) is 17.3 Å². The molecule has 146 valence electrons. The number of nitriles is 1. The zero-order valence-corrected chi connectivity index (χ0v) is 16.5. The van der Waals surface area contributed by atoms with Crippen molar-refractivity contribution >= 4 is 29.1 Å². The van der Waals surface area contributed by atoms with Crippen LogP contribution in [0.2, 0.25) is 5.02 Å². The van der Waals surface area contributed by atoms with E-state index >= 15 is 0 Å². The third-order valence-corrected chi connectivity index (χ3v) is 5.06. The molecule has 0 aliphatic heterocycles. The normalized spacial score (nSPS) is 11.6. The van der Waals surface area contributed by atoms with Gasteiger partial charge in [0.2, 0.25) is 11.8 Å². The Morgan fingerprint density at radius 2 is 1.93 bits per heavy atom. The Hall–Kier alpha value is -2.98. The van der Waals surface area contributed by atoms with Crippen molar-refractivity contribution in [2.45, 2.75) is 26.7 Å². The summed E-state index contributed by atoms with van der Waals surface area (Å²) in [5.41, 5.74) is 7.57. The second kappa shape index (κ2) is 8.81. The zero-order valence-electron chi connectivity index (χ0n) is 15.8. The van der Waals surface area contributed by atoms with Gasteiger partial charge in [-0.1, -0.05) is 11.6 Å². The van der Waals surface area contributed by atoms with Gasteiger partial charge in [0.25, 0.3) is 0 Å². The maximum atomic E-state index is 13.1. The van der Waals surface area contributed by atoms with Gasteiger partial charge in [-0.05, 0) is 43.7 Å². The molecule has 1 atom stereocenters. The minimum absolute atomic E-state index is 0.0506. The van der Waals surface area contributed by atoms with Crippen molar-refractivity contribution in [3.63, 3.8) is 0 Å². The molecule has 2 amide bonds. The van der Waals surface area contributed by atoms with Crippen LogP contribution in [0.15, 0.2) is 24.3 Å². The lowest BCUT2D eigenvalue weighted by Gasteiger charge is -2.24. The van der Waals surface area contributed by atoms with E-state index < -0.39 is 17.6 Å².